The Kier molecular flexibility index (Phi) is 6.71. The molecule has 20 heavy (non-hydrogen) atoms. The van der Waals surface area contributed by atoms with Crippen LogP contribution in [0.1, 0.15) is 56.7 Å². The topological polar surface area (TPSA) is 64.2 Å². The maximum atomic E-state index is 12.8. The summed E-state index contributed by atoms with van der Waals surface area (Å²) in [5.74, 6) is 0.0539. The van der Waals surface area contributed by atoms with Crippen molar-refractivity contribution in [1.29, 1.82) is 0 Å². The van der Waals surface area contributed by atoms with Crippen LogP contribution in [0.4, 0.5) is 0 Å². The second kappa shape index (κ2) is 8.04. The summed E-state index contributed by atoms with van der Waals surface area (Å²) in [7, 11) is 0. The van der Waals surface area contributed by atoms with Gasteiger partial charge in [0.05, 0.1) is 5.69 Å². The fourth-order valence-corrected chi connectivity index (χ4v) is 2.52. The van der Waals surface area contributed by atoms with Crippen LogP contribution in [0.5, 0.6) is 0 Å². The molecule has 0 aliphatic carbocycles. The van der Waals surface area contributed by atoms with E-state index in [-0.39, 0.29) is 11.9 Å². The summed E-state index contributed by atoms with van der Waals surface area (Å²) in [6.45, 7) is 10.1. The zero-order valence-electron chi connectivity index (χ0n) is 13.2. The fraction of sp³-hybridized carbons (Fsp3) is 0.733. The first-order valence-electron chi connectivity index (χ1n) is 7.70. The number of nitrogens with zero attached hydrogens (tertiary/aromatic N) is 3. The molecule has 0 saturated heterocycles. The van der Waals surface area contributed by atoms with Crippen molar-refractivity contribution in [1.82, 2.24) is 14.7 Å². The Balaban J connectivity index is 3.07. The number of hydrogen-bond donors (Lipinski definition) is 1. The third-order valence-corrected chi connectivity index (χ3v) is 3.73. The normalized spacial score (nSPS) is 11.1. The summed E-state index contributed by atoms with van der Waals surface area (Å²) < 4.78 is 1.80. The molecular formula is C15H28N4O. The molecule has 1 amide bonds. The lowest BCUT2D eigenvalue weighted by Crippen LogP contribution is -2.43. The van der Waals surface area contributed by atoms with Crippen LogP contribution >= 0.6 is 0 Å². The van der Waals surface area contributed by atoms with Crippen molar-refractivity contribution in [3.63, 3.8) is 0 Å². The van der Waals surface area contributed by atoms with E-state index in [4.69, 9.17) is 5.73 Å². The monoisotopic (exact) mass is 280 g/mol. The van der Waals surface area contributed by atoms with Crippen molar-refractivity contribution in [2.75, 3.05) is 13.1 Å². The molecule has 1 heterocycles. The van der Waals surface area contributed by atoms with Crippen LogP contribution in [0, 0.1) is 0 Å². The average Bonchev–Trinajstić information content (AvgIpc) is 2.90. The lowest BCUT2D eigenvalue weighted by Gasteiger charge is -2.30. The van der Waals surface area contributed by atoms with E-state index in [1.165, 1.54) is 0 Å². The molecule has 0 aromatic carbocycles. The van der Waals surface area contributed by atoms with E-state index >= 15 is 0 Å². The quantitative estimate of drug-likeness (QED) is 0.792. The van der Waals surface area contributed by atoms with Gasteiger partial charge in [-0.15, -0.1) is 0 Å². The molecule has 0 fully saturated rings. The summed E-state index contributed by atoms with van der Waals surface area (Å²) in [5, 5.41) is 4.46. The number of aromatic nitrogens is 2. The Bertz CT molecular complexity index is 424. The number of carbonyl (C=O) groups is 1. The Morgan fingerprint density at radius 3 is 2.45 bits per heavy atom. The smallest absolute Gasteiger partial charge is 0.272 e. The number of carbonyl (C=O) groups excluding carboxylic acids is 1. The van der Waals surface area contributed by atoms with Crippen LogP contribution in [-0.4, -0.2) is 39.7 Å². The van der Waals surface area contributed by atoms with Gasteiger partial charge in [-0.05, 0) is 32.3 Å². The maximum absolute atomic E-state index is 12.8. The number of nitrogens with two attached hydrogens (primary N) is 1. The maximum Gasteiger partial charge on any atom is 0.272 e. The van der Waals surface area contributed by atoms with E-state index in [1.54, 1.807) is 4.68 Å². The molecule has 0 spiro atoms. The largest absolute Gasteiger partial charge is 0.333 e. The van der Waals surface area contributed by atoms with E-state index in [1.807, 2.05) is 17.9 Å². The molecule has 1 rings (SSSR count). The second-order valence-electron chi connectivity index (χ2n) is 4.95. The Labute approximate surface area is 122 Å². The highest BCUT2D eigenvalue weighted by Gasteiger charge is 2.24. The van der Waals surface area contributed by atoms with E-state index < -0.39 is 0 Å². The molecule has 0 unspecified atom stereocenters. The third kappa shape index (κ3) is 3.60. The van der Waals surface area contributed by atoms with Crippen molar-refractivity contribution in [3.05, 3.63) is 17.5 Å². The summed E-state index contributed by atoms with van der Waals surface area (Å²) in [6.07, 6.45) is 2.74. The molecule has 0 saturated carbocycles. The van der Waals surface area contributed by atoms with E-state index in [0.29, 0.717) is 25.3 Å². The zero-order chi connectivity index (χ0) is 15.1. The zero-order valence-corrected chi connectivity index (χ0v) is 13.2. The number of rotatable bonds is 8. The number of hydrogen-bond acceptors (Lipinski definition) is 3. The van der Waals surface area contributed by atoms with Crippen molar-refractivity contribution < 1.29 is 4.79 Å². The highest BCUT2D eigenvalue weighted by molar-refractivity contribution is 5.93. The minimum Gasteiger partial charge on any atom is -0.333 e. The molecule has 5 heteroatoms. The number of aryl methyl sites for hydroxylation is 2. The summed E-state index contributed by atoms with van der Waals surface area (Å²) in [6, 6.07) is 2.16. The minimum absolute atomic E-state index is 0.0539. The molecule has 114 valence electrons. The van der Waals surface area contributed by atoms with Crippen molar-refractivity contribution in [2.45, 2.75) is 59.5 Å². The van der Waals surface area contributed by atoms with Gasteiger partial charge >= 0.3 is 0 Å². The second-order valence-corrected chi connectivity index (χ2v) is 4.95. The van der Waals surface area contributed by atoms with E-state index in [0.717, 1.165) is 25.0 Å². The Morgan fingerprint density at radius 2 is 2.00 bits per heavy atom. The SMILES string of the molecule is CCc1cc(C(=O)N(CCN)C(CC)CC)n(CC)n1. The fourth-order valence-electron chi connectivity index (χ4n) is 2.52. The van der Waals surface area contributed by atoms with E-state index in [9.17, 15) is 4.79 Å². The molecule has 0 bridgehead atoms. The predicted octanol–water partition coefficient (Wildman–Crippen LogP) is 2.05. The van der Waals surface area contributed by atoms with Gasteiger partial charge < -0.3 is 10.6 Å². The highest BCUT2D eigenvalue weighted by Crippen LogP contribution is 2.15. The van der Waals surface area contributed by atoms with Crippen molar-refractivity contribution in [3.8, 4) is 0 Å². The van der Waals surface area contributed by atoms with Gasteiger partial charge in [-0.3, -0.25) is 9.48 Å². The highest BCUT2D eigenvalue weighted by atomic mass is 16.2. The standard InChI is InChI=1S/C15H28N4O/c1-5-12-11-14(19(8-4)17-12)15(20)18(10-9-16)13(6-2)7-3/h11,13H,5-10,16H2,1-4H3. The van der Waals surface area contributed by atoms with Crippen LogP contribution in [-0.2, 0) is 13.0 Å². The van der Waals surface area contributed by atoms with Crippen LogP contribution in [0.25, 0.3) is 0 Å². The molecule has 0 atom stereocenters. The molecule has 1 aromatic heterocycles. The van der Waals surface area contributed by atoms with Gasteiger partial charge in [-0.1, -0.05) is 20.8 Å². The van der Waals surface area contributed by atoms with Gasteiger partial charge in [-0.25, -0.2) is 0 Å². The van der Waals surface area contributed by atoms with Crippen LogP contribution in [0.3, 0.4) is 0 Å². The molecule has 2 N–H and O–H groups in total. The number of amides is 1. The molecule has 0 radical (unpaired) electrons. The summed E-state index contributed by atoms with van der Waals surface area (Å²) in [5.41, 5.74) is 7.33. The third-order valence-electron chi connectivity index (χ3n) is 3.73. The molecule has 0 aliphatic heterocycles. The minimum atomic E-state index is 0.0539. The Morgan fingerprint density at radius 1 is 1.35 bits per heavy atom. The van der Waals surface area contributed by atoms with Crippen molar-refractivity contribution in [2.24, 2.45) is 5.73 Å². The first-order valence-corrected chi connectivity index (χ1v) is 7.70. The lowest BCUT2D eigenvalue weighted by atomic mass is 10.1. The van der Waals surface area contributed by atoms with Crippen LogP contribution in [0.2, 0.25) is 0 Å². The lowest BCUT2D eigenvalue weighted by molar-refractivity contribution is 0.0661. The van der Waals surface area contributed by atoms with Crippen molar-refractivity contribution >= 4 is 5.91 Å². The first kappa shape index (κ1) is 16.7. The Hall–Kier alpha value is -1.36. The van der Waals surface area contributed by atoms with Gasteiger partial charge in [0, 0.05) is 25.7 Å². The average molecular weight is 280 g/mol. The van der Waals surface area contributed by atoms with Gasteiger partial charge in [0.25, 0.3) is 5.91 Å². The van der Waals surface area contributed by atoms with Gasteiger partial charge in [0.2, 0.25) is 0 Å². The van der Waals surface area contributed by atoms with Gasteiger partial charge in [0.1, 0.15) is 5.69 Å². The molecule has 0 aliphatic rings. The van der Waals surface area contributed by atoms with Crippen LogP contribution in [0.15, 0.2) is 6.07 Å². The predicted molar refractivity (Wildman–Crippen MR) is 81.7 cm³/mol. The summed E-state index contributed by atoms with van der Waals surface area (Å²) in [4.78, 5) is 14.7. The van der Waals surface area contributed by atoms with Gasteiger partial charge in [-0.2, -0.15) is 5.10 Å². The van der Waals surface area contributed by atoms with Gasteiger partial charge in [0.15, 0.2) is 0 Å². The molecule has 5 nitrogen and oxygen atoms in total. The van der Waals surface area contributed by atoms with Crippen LogP contribution < -0.4 is 5.73 Å². The molecular weight excluding hydrogens is 252 g/mol. The van der Waals surface area contributed by atoms with E-state index in [2.05, 4.69) is 25.9 Å². The first-order chi connectivity index (χ1) is 9.62. The molecule has 1 aromatic rings. The summed E-state index contributed by atoms with van der Waals surface area (Å²) >= 11 is 0.